The van der Waals surface area contributed by atoms with Gasteiger partial charge in [0, 0.05) is 36.6 Å². The highest BCUT2D eigenvalue weighted by Crippen LogP contribution is 2.21. The zero-order chi connectivity index (χ0) is 17.6. The predicted octanol–water partition coefficient (Wildman–Crippen LogP) is 2.45. The molecular formula is C19H20N4O2. The number of carbonyl (C=O) groups is 1. The van der Waals surface area contributed by atoms with Crippen LogP contribution in [0, 0.1) is 0 Å². The Hall–Kier alpha value is -3.12. The average Bonchev–Trinajstić information content (AvgIpc) is 3.02. The maximum atomic E-state index is 12.5. The fourth-order valence-electron chi connectivity index (χ4n) is 2.56. The Morgan fingerprint density at radius 1 is 1.20 bits per heavy atom. The van der Waals surface area contributed by atoms with Gasteiger partial charge in [-0.05, 0) is 23.3 Å². The van der Waals surface area contributed by atoms with Gasteiger partial charge in [0.2, 0.25) is 0 Å². The quantitative estimate of drug-likeness (QED) is 0.535. The number of nitrogens with one attached hydrogen (secondary N) is 1. The van der Waals surface area contributed by atoms with Crippen LogP contribution in [0.1, 0.15) is 27.2 Å². The van der Waals surface area contributed by atoms with Crippen molar-refractivity contribution in [2.75, 3.05) is 5.73 Å². The topological polar surface area (TPSA) is 82.2 Å². The smallest absolute Gasteiger partial charge is 0.275 e. The van der Waals surface area contributed by atoms with E-state index in [0.29, 0.717) is 24.3 Å². The van der Waals surface area contributed by atoms with Crippen LogP contribution in [0.5, 0.6) is 0 Å². The Labute approximate surface area is 146 Å². The highest BCUT2D eigenvalue weighted by molar-refractivity contribution is 5.96. The van der Waals surface area contributed by atoms with E-state index in [4.69, 9.17) is 10.6 Å². The van der Waals surface area contributed by atoms with Crippen molar-refractivity contribution in [1.82, 2.24) is 15.0 Å². The lowest BCUT2D eigenvalue weighted by molar-refractivity contribution is 0.0233. The number of imidazole rings is 1. The number of aryl methyl sites for hydroxylation is 1. The molecule has 3 aromatic rings. The second-order valence-electron chi connectivity index (χ2n) is 5.75. The number of benzene rings is 2. The predicted molar refractivity (Wildman–Crippen MR) is 95.6 cm³/mol. The summed E-state index contributed by atoms with van der Waals surface area (Å²) >= 11 is 0. The molecule has 128 valence electrons. The van der Waals surface area contributed by atoms with Gasteiger partial charge in [-0.25, -0.2) is 10.5 Å². The molecule has 3 rings (SSSR count). The number of rotatable bonds is 6. The molecule has 0 aliphatic carbocycles. The van der Waals surface area contributed by atoms with E-state index in [1.165, 1.54) is 0 Å². The van der Waals surface area contributed by atoms with E-state index in [9.17, 15) is 4.79 Å². The zero-order valence-electron chi connectivity index (χ0n) is 14.0. The number of anilines is 1. The van der Waals surface area contributed by atoms with E-state index in [1.54, 1.807) is 30.7 Å². The number of nitrogen functional groups attached to an aromatic ring is 1. The molecule has 0 saturated heterocycles. The van der Waals surface area contributed by atoms with Gasteiger partial charge >= 0.3 is 0 Å². The Morgan fingerprint density at radius 2 is 2.00 bits per heavy atom. The molecule has 1 aromatic heterocycles. The van der Waals surface area contributed by atoms with E-state index in [0.717, 1.165) is 16.8 Å². The molecule has 0 aliphatic rings. The van der Waals surface area contributed by atoms with E-state index in [-0.39, 0.29) is 5.91 Å². The molecule has 0 radical (unpaired) electrons. The van der Waals surface area contributed by atoms with Crippen LogP contribution in [0.15, 0.2) is 61.1 Å². The number of nitrogens with two attached hydrogens (primary N) is 1. The average molecular weight is 336 g/mol. The Bertz CT molecular complexity index is 859. The molecule has 0 saturated carbocycles. The summed E-state index contributed by atoms with van der Waals surface area (Å²) in [5.41, 5.74) is 12.4. The van der Waals surface area contributed by atoms with E-state index in [1.807, 2.05) is 41.9 Å². The lowest BCUT2D eigenvalue weighted by Gasteiger charge is -2.13. The lowest BCUT2D eigenvalue weighted by atomic mass is 10.0. The standard InChI is InChI=1S/C19H20N4O2/c1-23-13-21-11-15(23)10-17-16(8-5-9-18(17)20)19(24)22-25-12-14-6-3-2-4-7-14/h2-9,11,13H,10,12,20H2,1H3,(H,22,24). The van der Waals surface area contributed by atoms with Gasteiger partial charge in [-0.1, -0.05) is 36.4 Å². The number of hydrogen-bond donors (Lipinski definition) is 2. The van der Waals surface area contributed by atoms with E-state index >= 15 is 0 Å². The number of hydroxylamine groups is 1. The molecule has 0 atom stereocenters. The van der Waals surface area contributed by atoms with Gasteiger partial charge in [0.1, 0.15) is 0 Å². The first kappa shape index (κ1) is 16.7. The van der Waals surface area contributed by atoms with E-state index < -0.39 is 0 Å². The second kappa shape index (κ2) is 7.63. The summed E-state index contributed by atoms with van der Waals surface area (Å²) in [5, 5.41) is 0. The lowest BCUT2D eigenvalue weighted by Crippen LogP contribution is -2.25. The van der Waals surface area contributed by atoms with Crippen molar-refractivity contribution in [1.29, 1.82) is 0 Å². The van der Waals surface area contributed by atoms with Crippen LogP contribution in [-0.2, 0) is 24.9 Å². The normalized spacial score (nSPS) is 10.6. The number of carbonyl (C=O) groups excluding carboxylic acids is 1. The highest BCUT2D eigenvalue weighted by atomic mass is 16.6. The third kappa shape index (κ3) is 4.05. The van der Waals surface area contributed by atoms with Gasteiger partial charge in [0.15, 0.2) is 0 Å². The van der Waals surface area contributed by atoms with Gasteiger partial charge in [-0.2, -0.15) is 0 Å². The molecule has 3 N–H and O–H groups in total. The number of nitrogens with zero attached hydrogens (tertiary/aromatic N) is 2. The fraction of sp³-hybridized carbons (Fsp3) is 0.158. The molecule has 6 nitrogen and oxygen atoms in total. The van der Waals surface area contributed by atoms with Crippen LogP contribution in [0.2, 0.25) is 0 Å². The zero-order valence-corrected chi connectivity index (χ0v) is 14.0. The van der Waals surface area contributed by atoms with E-state index in [2.05, 4.69) is 10.5 Å². The van der Waals surface area contributed by atoms with Gasteiger partial charge in [0.25, 0.3) is 5.91 Å². The summed E-state index contributed by atoms with van der Waals surface area (Å²) in [6.45, 7) is 0.298. The number of amides is 1. The fourth-order valence-corrected chi connectivity index (χ4v) is 2.56. The number of aromatic nitrogens is 2. The summed E-state index contributed by atoms with van der Waals surface area (Å²) in [7, 11) is 1.91. The van der Waals surface area contributed by atoms with Crippen LogP contribution in [0.3, 0.4) is 0 Å². The van der Waals surface area contributed by atoms with Crippen molar-refractivity contribution in [3.8, 4) is 0 Å². The maximum absolute atomic E-state index is 12.5. The summed E-state index contributed by atoms with van der Waals surface area (Å²) < 4.78 is 1.90. The van der Waals surface area contributed by atoms with Gasteiger partial charge in [-0.15, -0.1) is 0 Å². The van der Waals surface area contributed by atoms with Crippen LogP contribution in [-0.4, -0.2) is 15.5 Å². The Balaban J connectivity index is 1.71. The highest BCUT2D eigenvalue weighted by Gasteiger charge is 2.15. The van der Waals surface area contributed by atoms with Crippen molar-refractivity contribution >= 4 is 11.6 Å². The molecule has 0 fully saturated rings. The molecule has 25 heavy (non-hydrogen) atoms. The SMILES string of the molecule is Cn1cncc1Cc1c(N)cccc1C(=O)NOCc1ccccc1. The molecule has 0 unspecified atom stereocenters. The van der Waals surface area contributed by atoms with Gasteiger partial charge < -0.3 is 10.3 Å². The molecule has 1 amide bonds. The van der Waals surface area contributed by atoms with Crippen molar-refractivity contribution in [3.63, 3.8) is 0 Å². The minimum absolute atomic E-state index is 0.298. The van der Waals surface area contributed by atoms with Crippen molar-refractivity contribution in [2.24, 2.45) is 7.05 Å². The molecule has 0 spiro atoms. The minimum atomic E-state index is -0.319. The summed E-state index contributed by atoms with van der Waals surface area (Å²) in [6, 6.07) is 14.9. The van der Waals surface area contributed by atoms with Crippen LogP contribution in [0.25, 0.3) is 0 Å². The molecule has 0 aliphatic heterocycles. The second-order valence-corrected chi connectivity index (χ2v) is 5.75. The Morgan fingerprint density at radius 3 is 2.72 bits per heavy atom. The van der Waals surface area contributed by atoms with Gasteiger partial charge in [-0.3, -0.25) is 9.63 Å². The monoisotopic (exact) mass is 336 g/mol. The molecule has 0 bridgehead atoms. The summed E-state index contributed by atoms with van der Waals surface area (Å²) in [6.07, 6.45) is 4.00. The van der Waals surface area contributed by atoms with Crippen LogP contribution < -0.4 is 11.2 Å². The van der Waals surface area contributed by atoms with Crippen LogP contribution >= 0.6 is 0 Å². The first-order valence-electron chi connectivity index (χ1n) is 7.94. The van der Waals surface area contributed by atoms with Crippen molar-refractivity contribution in [3.05, 3.63) is 83.4 Å². The van der Waals surface area contributed by atoms with Crippen molar-refractivity contribution < 1.29 is 9.63 Å². The van der Waals surface area contributed by atoms with Crippen molar-refractivity contribution in [2.45, 2.75) is 13.0 Å². The summed E-state index contributed by atoms with van der Waals surface area (Å²) in [4.78, 5) is 21.9. The third-order valence-electron chi connectivity index (χ3n) is 3.98. The maximum Gasteiger partial charge on any atom is 0.275 e. The molecule has 2 aromatic carbocycles. The van der Waals surface area contributed by atoms with Gasteiger partial charge in [0.05, 0.1) is 12.9 Å². The summed E-state index contributed by atoms with van der Waals surface area (Å²) in [5.74, 6) is -0.319. The number of hydrogen-bond acceptors (Lipinski definition) is 4. The Kier molecular flexibility index (Phi) is 5.11. The largest absolute Gasteiger partial charge is 0.398 e. The van der Waals surface area contributed by atoms with Crippen LogP contribution in [0.4, 0.5) is 5.69 Å². The molecule has 1 heterocycles. The third-order valence-corrected chi connectivity index (χ3v) is 3.98. The first-order valence-corrected chi connectivity index (χ1v) is 7.94. The molecule has 6 heteroatoms. The minimum Gasteiger partial charge on any atom is -0.398 e. The molecular weight excluding hydrogens is 316 g/mol. The first-order chi connectivity index (χ1) is 12.1.